The van der Waals surface area contributed by atoms with Gasteiger partial charge < -0.3 is 38.9 Å². The molecule has 3 aromatic rings. The van der Waals surface area contributed by atoms with Gasteiger partial charge in [0.1, 0.15) is 17.2 Å². The summed E-state index contributed by atoms with van der Waals surface area (Å²) in [5, 5.41) is 0. The molecular formula is C22H17O14P3-2. The van der Waals surface area contributed by atoms with E-state index in [1.807, 2.05) is 0 Å². The van der Waals surface area contributed by atoms with Gasteiger partial charge in [-0.1, -0.05) is 18.2 Å². The second-order valence-corrected chi connectivity index (χ2v) is 11.6. The molecule has 1 spiro atoms. The van der Waals surface area contributed by atoms with E-state index in [1.165, 1.54) is 18.2 Å². The molecule has 2 heterocycles. The third kappa shape index (κ3) is 5.48. The van der Waals surface area contributed by atoms with Crippen molar-refractivity contribution >= 4 is 29.9 Å². The summed E-state index contributed by atoms with van der Waals surface area (Å²) in [6.07, 6.45) is 0. The highest BCUT2D eigenvalue weighted by molar-refractivity contribution is 7.62. The lowest BCUT2D eigenvalue weighted by Crippen LogP contribution is -2.33. The molecule has 17 heteroatoms. The molecule has 3 atom stereocenters. The standard InChI is InChI=1S/C22H17O13P3.H2O/c1-2-30-13-7-9-17-19(11-13)31-20-12-14(33-36(24)34-38(28,29)35-37(25,26)27)8-10-18(20)22(17)16-6-4-3-5-15(16)21(23)32-22;/h3-12H,2H2,1H3,(H2-,25,26,27,28,29);1H2/p-2. The highest BCUT2D eigenvalue weighted by Crippen LogP contribution is 2.59. The Morgan fingerprint density at radius 2 is 1.54 bits per heavy atom. The van der Waals surface area contributed by atoms with Gasteiger partial charge in [-0.25, -0.2) is 9.32 Å². The van der Waals surface area contributed by atoms with Gasteiger partial charge >= 0.3 is 22.0 Å². The van der Waals surface area contributed by atoms with Crippen LogP contribution in [0.15, 0.2) is 60.7 Å². The van der Waals surface area contributed by atoms with Crippen LogP contribution in [0.4, 0.5) is 0 Å². The second kappa shape index (κ2) is 10.4. The maximum atomic E-state index is 12.9. The van der Waals surface area contributed by atoms with Crippen LogP contribution < -0.4 is 28.7 Å². The number of phosphoric acid groups is 2. The highest BCUT2D eigenvalue weighted by atomic mass is 31.3. The number of hydrogen-bond donors (Lipinski definition) is 0. The summed E-state index contributed by atoms with van der Waals surface area (Å²) >= 11 is 0. The first-order chi connectivity index (χ1) is 17.9. The lowest BCUT2D eigenvalue weighted by molar-refractivity contribution is -0.339. The van der Waals surface area contributed by atoms with E-state index in [0.29, 0.717) is 34.6 Å². The Labute approximate surface area is 221 Å². The van der Waals surface area contributed by atoms with Crippen molar-refractivity contribution < 1.29 is 66.0 Å². The van der Waals surface area contributed by atoms with Crippen LogP contribution in [0.2, 0.25) is 0 Å². The number of benzene rings is 3. The normalized spacial score (nSPS) is 18.9. The molecule has 5 rings (SSSR count). The van der Waals surface area contributed by atoms with Crippen molar-refractivity contribution in [1.82, 2.24) is 0 Å². The van der Waals surface area contributed by atoms with E-state index in [4.69, 9.17) is 18.7 Å². The van der Waals surface area contributed by atoms with Gasteiger partial charge in [-0.3, -0.25) is 8.88 Å². The summed E-state index contributed by atoms with van der Waals surface area (Å²) in [6, 6.07) is 15.8. The number of hydrogen-bond acceptors (Lipinski definition) is 13. The van der Waals surface area contributed by atoms with E-state index in [1.54, 1.807) is 49.4 Å². The number of rotatable bonds is 8. The SMILES string of the molecule is CCOc1ccc2c(c1)Oc1cc(O[P+](=O)OP(=O)([O-])OP(=O)([O-])[O-])ccc1C21OC(=O)c2ccccc21.O. The van der Waals surface area contributed by atoms with E-state index in [9.17, 15) is 33.2 Å². The molecule has 3 unspecified atom stereocenters. The average molecular weight is 598 g/mol. The predicted octanol–water partition coefficient (Wildman–Crippen LogP) is 2.20. The molecule has 0 radical (unpaired) electrons. The first-order valence-electron chi connectivity index (χ1n) is 10.7. The fourth-order valence-electron chi connectivity index (χ4n) is 4.27. The van der Waals surface area contributed by atoms with Crippen molar-refractivity contribution in [1.29, 1.82) is 0 Å². The molecule has 2 aliphatic rings. The molecule has 206 valence electrons. The monoisotopic (exact) mass is 598 g/mol. The Bertz CT molecular complexity index is 1570. The van der Waals surface area contributed by atoms with Crippen LogP contribution in [0.25, 0.3) is 0 Å². The first-order valence-corrected chi connectivity index (χ1v) is 14.8. The summed E-state index contributed by atoms with van der Waals surface area (Å²) in [6.45, 7) is 2.18. The molecule has 0 bridgehead atoms. The molecule has 0 aromatic heterocycles. The van der Waals surface area contributed by atoms with Gasteiger partial charge in [-0.05, 0) is 41.6 Å². The highest BCUT2D eigenvalue weighted by Gasteiger charge is 2.53. The van der Waals surface area contributed by atoms with Gasteiger partial charge in [0.2, 0.25) is 0 Å². The molecule has 2 N–H and O–H groups in total. The molecule has 0 aliphatic carbocycles. The third-order valence-electron chi connectivity index (χ3n) is 5.51. The molecule has 3 aromatic carbocycles. The van der Waals surface area contributed by atoms with E-state index in [0.717, 1.165) is 0 Å². The maximum absolute atomic E-state index is 12.9. The summed E-state index contributed by atoms with van der Waals surface area (Å²) in [7, 11) is -15.3. The fraction of sp³-hybridized carbons (Fsp3) is 0.136. The topological polar surface area (TPSA) is 224 Å². The lowest BCUT2D eigenvalue weighted by Gasteiger charge is -2.36. The lowest BCUT2D eigenvalue weighted by atomic mass is 9.77. The minimum absolute atomic E-state index is 0. The molecule has 0 fully saturated rings. The quantitative estimate of drug-likeness (QED) is 0.268. The Balaban J connectivity index is 0.00000353. The number of carbonyl (C=O) groups excluding carboxylic acids is 1. The van der Waals surface area contributed by atoms with E-state index in [-0.39, 0.29) is 22.7 Å². The van der Waals surface area contributed by atoms with Crippen LogP contribution >= 0.6 is 23.9 Å². The summed E-state index contributed by atoms with van der Waals surface area (Å²) in [5.74, 6) is 0.0675. The zero-order chi connectivity index (χ0) is 27.3. The van der Waals surface area contributed by atoms with Gasteiger partial charge in [0, 0.05) is 33.4 Å². The molecule has 14 nitrogen and oxygen atoms in total. The van der Waals surface area contributed by atoms with Crippen molar-refractivity contribution in [3.63, 3.8) is 0 Å². The summed E-state index contributed by atoms with van der Waals surface area (Å²) < 4.78 is 63.9. The van der Waals surface area contributed by atoms with Crippen molar-refractivity contribution in [2.24, 2.45) is 0 Å². The Kier molecular flexibility index (Phi) is 7.72. The Morgan fingerprint density at radius 1 is 0.923 bits per heavy atom. The molecule has 0 amide bonds. The minimum atomic E-state index is -5.99. The van der Waals surface area contributed by atoms with Crippen molar-refractivity contribution in [3.05, 3.63) is 82.9 Å². The third-order valence-corrected chi connectivity index (χ3v) is 8.81. The summed E-state index contributed by atoms with van der Waals surface area (Å²) in [5.41, 5.74) is 0.372. The fourth-order valence-corrected chi connectivity index (χ4v) is 6.71. The Morgan fingerprint density at radius 3 is 2.18 bits per heavy atom. The molecule has 0 saturated carbocycles. The molecular weight excluding hydrogens is 581 g/mol. The zero-order valence-corrected chi connectivity index (χ0v) is 22.3. The summed E-state index contributed by atoms with van der Waals surface area (Å²) in [4.78, 5) is 45.4. The zero-order valence-electron chi connectivity index (χ0n) is 19.6. The number of esters is 1. The van der Waals surface area contributed by atoms with Crippen LogP contribution in [-0.4, -0.2) is 18.1 Å². The van der Waals surface area contributed by atoms with Crippen molar-refractivity contribution in [3.8, 4) is 23.0 Å². The van der Waals surface area contributed by atoms with Gasteiger partial charge in [0.05, 0.1) is 20.0 Å². The van der Waals surface area contributed by atoms with Crippen LogP contribution in [0.5, 0.6) is 23.0 Å². The number of fused-ring (bicyclic) bond motifs is 6. The van der Waals surface area contributed by atoms with Crippen LogP contribution in [0.3, 0.4) is 0 Å². The van der Waals surface area contributed by atoms with Crippen LogP contribution in [0.1, 0.15) is 34.0 Å². The van der Waals surface area contributed by atoms with E-state index >= 15 is 0 Å². The first kappa shape index (κ1) is 28.8. The Hall–Kier alpha value is -3.15. The van der Waals surface area contributed by atoms with Gasteiger partial charge in [0.15, 0.2) is 11.4 Å². The van der Waals surface area contributed by atoms with Crippen molar-refractivity contribution in [2.45, 2.75) is 12.5 Å². The van der Waals surface area contributed by atoms with E-state index < -0.39 is 35.5 Å². The molecule has 39 heavy (non-hydrogen) atoms. The number of carbonyl (C=O) groups is 1. The van der Waals surface area contributed by atoms with Gasteiger partial charge in [-0.2, -0.15) is 0 Å². The van der Waals surface area contributed by atoms with Crippen LogP contribution in [-0.2, 0) is 32.7 Å². The smallest absolute Gasteiger partial charge is 0.757 e. The average Bonchev–Trinajstić information content (AvgIpc) is 3.10. The van der Waals surface area contributed by atoms with Gasteiger partial charge in [-0.15, -0.1) is 0 Å². The van der Waals surface area contributed by atoms with Crippen molar-refractivity contribution in [2.75, 3.05) is 6.61 Å². The largest absolute Gasteiger partial charge is 0.790 e. The second-order valence-electron chi connectivity index (χ2n) is 7.84. The molecule has 2 aliphatic heterocycles. The van der Waals surface area contributed by atoms with Crippen LogP contribution in [0, 0.1) is 0 Å². The predicted molar refractivity (Wildman–Crippen MR) is 125 cm³/mol. The minimum Gasteiger partial charge on any atom is -0.790 e. The molecule has 0 saturated heterocycles. The van der Waals surface area contributed by atoms with E-state index in [2.05, 4.69) is 8.62 Å². The number of ether oxygens (including phenoxy) is 3. The maximum Gasteiger partial charge on any atom is 0.757 e. The van der Waals surface area contributed by atoms with Gasteiger partial charge in [0.25, 0.3) is 0 Å².